The van der Waals surface area contributed by atoms with Crippen LogP contribution in [0.2, 0.25) is 0 Å². The van der Waals surface area contributed by atoms with Crippen molar-refractivity contribution < 1.29 is 9.53 Å². The molecule has 0 atom stereocenters. The fourth-order valence-electron chi connectivity index (χ4n) is 1.82. The number of benzene rings is 2. The maximum atomic E-state index is 11.8. The molecule has 0 unspecified atom stereocenters. The second-order valence-corrected chi connectivity index (χ2v) is 4.11. The van der Waals surface area contributed by atoms with Crippen molar-refractivity contribution in [3.63, 3.8) is 0 Å². The van der Waals surface area contributed by atoms with Crippen molar-refractivity contribution in [1.29, 1.82) is 0 Å². The lowest BCUT2D eigenvalue weighted by molar-refractivity contribution is -0.129. The van der Waals surface area contributed by atoms with Crippen LogP contribution in [0.5, 0.6) is 0 Å². The van der Waals surface area contributed by atoms with Gasteiger partial charge in [0.15, 0.2) is 5.70 Å². The number of rotatable bonds is 2. The summed E-state index contributed by atoms with van der Waals surface area (Å²) in [4.78, 5) is 16.0. The Hall–Kier alpha value is -1.22. The Kier molecular flexibility index (Phi) is 14.3. The van der Waals surface area contributed by atoms with Gasteiger partial charge in [0.05, 0.1) is 0 Å². The number of hydrogen-bond acceptors (Lipinski definition) is 3. The molecule has 0 saturated heterocycles. The molecular formula is C20H23I2NO2. The van der Waals surface area contributed by atoms with Crippen LogP contribution in [0.3, 0.4) is 0 Å². The molecular weight excluding hydrogens is 540 g/mol. The van der Waals surface area contributed by atoms with Gasteiger partial charge in [-0.2, -0.15) is 0 Å². The summed E-state index contributed by atoms with van der Waals surface area (Å²) in [6.45, 7) is 8.00. The predicted molar refractivity (Wildman–Crippen MR) is 124 cm³/mol. The number of carbonyl (C=O) groups is 1. The molecule has 2 aromatic carbocycles. The monoisotopic (exact) mass is 563 g/mol. The van der Waals surface area contributed by atoms with E-state index in [0.717, 1.165) is 11.1 Å². The van der Waals surface area contributed by atoms with Crippen molar-refractivity contribution in [3.8, 4) is 0 Å². The highest BCUT2D eigenvalue weighted by molar-refractivity contribution is 15.0. The van der Waals surface area contributed by atoms with Crippen molar-refractivity contribution in [2.75, 3.05) is 0 Å². The Morgan fingerprint density at radius 2 is 1.32 bits per heavy atom. The Bertz CT molecular complexity index is 669. The number of aliphatic imine (C=N–C) groups is 1. The molecule has 1 heterocycles. The average molecular weight is 563 g/mol. The van der Waals surface area contributed by atoms with Crippen LogP contribution < -0.4 is 0 Å². The first kappa shape index (κ1) is 23.8. The van der Waals surface area contributed by atoms with E-state index >= 15 is 0 Å². The van der Waals surface area contributed by atoms with E-state index in [9.17, 15) is 4.79 Å². The van der Waals surface area contributed by atoms with Gasteiger partial charge < -0.3 is 4.74 Å². The smallest absolute Gasteiger partial charge is 0.363 e. The summed E-state index contributed by atoms with van der Waals surface area (Å²) in [6.07, 6.45) is 1.72. The van der Waals surface area contributed by atoms with Crippen LogP contribution in [-0.2, 0) is 9.53 Å². The van der Waals surface area contributed by atoms with Crippen molar-refractivity contribution in [1.82, 2.24) is 0 Å². The number of hydrogen-bond donors (Lipinski definition) is 0. The zero-order chi connectivity index (χ0) is 19.1. The molecule has 0 spiro atoms. The first-order chi connectivity index (χ1) is 12.3. The van der Waals surface area contributed by atoms with Gasteiger partial charge in [0.1, 0.15) is 0 Å². The lowest BCUT2D eigenvalue weighted by Gasteiger charge is -1.97. The molecule has 3 nitrogen and oxygen atoms in total. The molecule has 0 N–H and O–H groups in total. The maximum absolute atomic E-state index is 11.8. The topological polar surface area (TPSA) is 38.7 Å². The van der Waals surface area contributed by atoms with Gasteiger partial charge in [-0.1, -0.05) is 76.2 Å². The van der Waals surface area contributed by atoms with Gasteiger partial charge in [-0.25, -0.2) is 9.79 Å². The molecule has 0 radical (unpaired) electrons. The highest BCUT2D eigenvalue weighted by Gasteiger charge is 2.23. The van der Waals surface area contributed by atoms with Crippen LogP contribution in [-0.4, -0.2) is 11.9 Å². The quantitative estimate of drug-likeness (QED) is 0.228. The zero-order valence-electron chi connectivity index (χ0n) is 14.9. The third kappa shape index (κ3) is 8.13. The van der Waals surface area contributed by atoms with E-state index in [4.69, 9.17) is 4.74 Å². The van der Waals surface area contributed by atoms with Crippen LogP contribution in [0.15, 0.2) is 71.4 Å². The molecule has 134 valence electrons. The van der Waals surface area contributed by atoms with Gasteiger partial charge in [0.2, 0.25) is 5.90 Å². The third-order valence-corrected chi connectivity index (χ3v) is 2.74. The van der Waals surface area contributed by atoms with Crippen LogP contribution in [0, 0.1) is 0 Å². The fraction of sp³-hybridized carbons (Fsp3) is 0.200. The molecule has 1 aliphatic rings. The Balaban J connectivity index is 0.000000871. The molecule has 0 saturated carbocycles. The molecule has 0 aromatic heterocycles. The largest absolute Gasteiger partial charge is 0.402 e. The summed E-state index contributed by atoms with van der Waals surface area (Å²) in [7, 11) is 0. The van der Waals surface area contributed by atoms with Crippen molar-refractivity contribution in [2.24, 2.45) is 4.99 Å². The molecule has 0 amide bonds. The Morgan fingerprint density at radius 3 is 1.84 bits per heavy atom. The minimum Gasteiger partial charge on any atom is -0.402 e. The molecule has 2 aromatic rings. The van der Waals surface area contributed by atoms with Gasteiger partial charge in [-0.15, -0.1) is 0 Å². The highest BCUT2D eigenvalue weighted by Crippen LogP contribution is 2.18. The standard InChI is InChI=1S/C16H11NO2.2C2H6.I2/c18-16-14(11-12-7-3-1-4-8-12)17-15(19-16)13-9-5-2-6-10-13;3*1-2/h1-11H;2*1-2H3;. The number of cyclic esters (lactones) is 1. The summed E-state index contributed by atoms with van der Waals surface area (Å²) in [5.41, 5.74) is 2.05. The second kappa shape index (κ2) is 15.1. The van der Waals surface area contributed by atoms with Crippen molar-refractivity contribution >= 4 is 55.2 Å². The lowest BCUT2D eigenvalue weighted by Crippen LogP contribution is -2.04. The number of ether oxygens (including phenoxy) is 1. The van der Waals surface area contributed by atoms with Gasteiger partial charge in [0, 0.05) is 42.8 Å². The van der Waals surface area contributed by atoms with E-state index in [-0.39, 0.29) is 0 Å². The van der Waals surface area contributed by atoms with Gasteiger partial charge >= 0.3 is 5.97 Å². The van der Waals surface area contributed by atoms with Gasteiger partial charge in [-0.05, 0) is 23.8 Å². The highest BCUT2D eigenvalue weighted by atomic mass is 128. The van der Waals surface area contributed by atoms with E-state index in [0.29, 0.717) is 11.6 Å². The average Bonchev–Trinajstić information content (AvgIpc) is 3.08. The molecule has 1 aliphatic heterocycles. The normalized spacial score (nSPS) is 13.1. The van der Waals surface area contributed by atoms with E-state index < -0.39 is 5.97 Å². The number of carbonyl (C=O) groups excluding carboxylic acids is 1. The van der Waals surface area contributed by atoms with Crippen LogP contribution in [0.4, 0.5) is 0 Å². The number of halogens is 2. The fourth-order valence-corrected chi connectivity index (χ4v) is 1.82. The van der Waals surface area contributed by atoms with Gasteiger partial charge in [0.25, 0.3) is 0 Å². The first-order valence-electron chi connectivity index (χ1n) is 8.10. The summed E-state index contributed by atoms with van der Waals surface area (Å²) in [6, 6.07) is 19.0. The molecule has 0 fully saturated rings. The number of nitrogens with zero attached hydrogens (tertiary/aromatic N) is 1. The van der Waals surface area contributed by atoms with E-state index in [1.807, 2.05) is 88.4 Å². The van der Waals surface area contributed by atoms with Crippen LogP contribution in [0.1, 0.15) is 38.8 Å². The van der Waals surface area contributed by atoms with Crippen LogP contribution >= 0.6 is 37.2 Å². The first-order valence-corrected chi connectivity index (χ1v) is 14.4. The zero-order valence-corrected chi connectivity index (χ0v) is 19.2. The van der Waals surface area contributed by atoms with Crippen LogP contribution in [0.25, 0.3) is 6.08 Å². The van der Waals surface area contributed by atoms with E-state index in [1.165, 1.54) is 0 Å². The minimum atomic E-state index is -0.414. The van der Waals surface area contributed by atoms with E-state index in [2.05, 4.69) is 42.2 Å². The summed E-state index contributed by atoms with van der Waals surface area (Å²) in [5.74, 6) is -0.0597. The second-order valence-electron chi connectivity index (χ2n) is 4.11. The number of esters is 1. The van der Waals surface area contributed by atoms with E-state index in [1.54, 1.807) is 6.08 Å². The Morgan fingerprint density at radius 1 is 0.840 bits per heavy atom. The van der Waals surface area contributed by atoms with Gasteiger partial charge in [-0.3, -0.25) is 0 Å². The summed E-state index contributed by atoms with van der Waals surface area (Å²) >= 11 is 4.24. The Labute approximate surface area is 173 Å². The predicted octanol–water partition coefficient (Wildman–Crippen LogP) is 6.85. The summed E-state index contributed by atoms with van der Waals surface area (Å²) in [5, 5.41) is 0. The molecule has 0 bridgehead atoms. The SMILES string of the molecule is CC.CC.II.O=C1OC(c2ccccc2)=NC1=Cc1ccccc1. The molecule has 25 heavy (non-hydrogen) atoms. The lowest BCUT2D eigenvalue weighted by atomic mass is 10.2. The molecule has 0 aliphatic carbocycles. The third-order valence-electron chi connectivity index (χ3n) is 2.74. The molecule has 5 heteroatoms. The van der Waals surface area contributed by atoms with Crippen molar-refractivity contribution in [2.45, 2.75) is 27.7 Å². The maximum Gasteiger partial charge on any atom is 0.363 e. The minimum absolute atomic E-state index is 0.324. The molecule has 3 rings (SSSR count). The summed E-state index contributed by atoms with van der Waals surface area (Å²) < 4.78 is 5.17. The van der Waals surface area contributed by atoms with Crippen molar-refractivity contribution in [3.05, 3.63) is 77.5 Å².